The first-order chi connectivity index (χ1) is 10.6. The molecule has 1 aromatic rings. The Bertz CT molecular complexity index is 543. The molecule has 120 valence electrons. The Morgan fingerprint density at radius 2 is 2.14 bits per heavy atom. The molecule has 2 N–H and O–H groups in total. The van der Waals surface area contributed by atoms with Crippen molar-refractivity contribution in [1.82, 2.24) is 4.90 Å². The predicted molar refractivity (Wildman–Crippen MR) is 79.0 cm³/mol. The maximum absolute atomic E-state index is 11.1. The fourth-order valence-corrected chi connectivity index (χ4v) is 2.23. The largest absolute Gasteiger partial charge is 0.487 e. The van der Waals surface area contributed by atoms with Crippen LogP contribution < -0.4 is 10.5 Å². The summed E-state index contributed by atoms with van der Waals surface area (Å²) in [6, 6.07) is 3.87. The summed E-state index contributed by atoms with van der Waals surface area (Å²) < 4.78 is 10.7. The first-order valence-electron chi connectivity index (χ1n) is 7.09. The summed E-state index contributed by atoms with van der Waals surface area (Å²) in [7, 11) is 0. The molecule has 22 heavy (non-hydrogen) atoms. The van der Waals surface area contributed by atoms with Gasteiger partial charge in [0.25, 0.3) is 0 Å². The molecule has 0 radical (unpaired) electrons. The van der Waals surface area contributed by atoms with Gasteiger partial charge in [0.1, 0.15) is 0 Å². The van der Waals surface area contributed by atoms with Crippen molar-refractivity contribution in [2.45, 2.75) is 6.42 Å². The van der Waals surface area contributed by atoms with E-state index >= 15 is 0 Å². The minimum Gasteiger partial charge on any atom is -0.487 e. The van der Waals surface area contributed by atoms with Crippen molar-refractivity contribution >= 4 is 11.6 Å². The summed E-state index contributed by atoms with van der Waals surface area (Å²) >= 11 is 0. The van der Waals surface area contributed by atoms with Crippen LogP contribution in [0.4, 0.5) is 5.69 Å². The van der Waals surface area contributed by atoms with Gasteiger partial charge in [-0.2, -0.15) is 0 Å². The second-order valence-corrected chi connectivity index (χ2v) is 4.96. The number of primary amides is 1. The van der Waals surface area contributed by atoms with E-state index in [9.17, 15) is 14.9 Å². The molecular formula is C14H19N3O5. The maximum Gasteiger partial charge on any atom is 0.310 e. The maximum atomic E-state index is 11.1. The molecule has 0 saturated carbocycles. The zero-order valence-corrected chi connectivity index (χ0v) is 12.2. The van der Waals surface area contributed by atoms with Crippen LogP contribution in [0.1, 0.15) is 16.8 Å². The number of ether oxygens (including phenoxy) is 2. The lowest BCUT2D eigenvalue weighted by molar-refractivity contribution is -0.385. The first-order valence-corrected chi connectivity index (χ1v) is 7.09. The van der Waals surface area contributed by atoms with Gasteiger partial charge in [0.05, 0.1) is 24.7 Å². The van der Waals surface area contributed by atoms with Crippen LogP contribution in [0.2, 0.25) is 0 Å². The van der Waals surface area contributed by atoms with E-state index in [1.165, 1.54) is 18.2 Å². The van der Waals surface area contributed by atoms with E-state index in [2.05, 4.69) is 4.90 Å². The monoisotopic (exact) mass is 309 g/mol. The van der Waals surface area contributed by atoms with Gasteiger partial charge in [0.15, 0.2) is 5.75 Å². The quantitative estimate of drug-likeness (QED) is 0.453. The van der Waals surface area contributed by atoms with Gasteiger partial charge in [0, 0.05) is 37.3 Å². The summed E-state index contributed by atoms with van der Waals surface area (Å²) in [5.41, 5.74) is 5.20. The molecule has 1 aliphatic rings. The van der Waals surface area contributed by atoms with Gasteiger partial charge in [-0.05, 0) is 12.5 Å². The minimum atomic E-state index is -0.645. The number of carbonyl (C=O) groups excluding carboxylic acids is 1. The molecule has 0 atom stereocenters. The Kier molecular flexibility index (Phi) is 5.68. The molecule has 1 aromatic carbocycles. The van der Waals surface area contributed by atoms with E-state index in [1.54, 1.807) is 0 Å². The second-order valence-electron chi connectivity index (χ2n) is 4.96. The molecule has 1 saturated heterocycles. The third-order valence-corrected chi connectivity index (χ3v) is 3.42. The lowest BCUT2D eigenvalue weighted by Crippen LogP contribution is -2.37. The number of morpholine rings is 1. The summed E-state index contributed by atoms with van der Waals surface area (Å²) in [5.74, 6) is -0.573. The lowest BCUT2D eigenvalue weighted by atomic mass is 10.2. The highest BCUT2D eigenvalue weighted by Gasteiger charge is 2.17. The molecule has 0 unspecified atom stereocenters. The fraction of sp³-hybridized carbons (Fsp3) is 0.500. The van der Waals surface area contributed by atoms with E-state index in [0.29, 0.717) is 6.61 Å². The zero-order valence-electron chi connectivity index (χ0n) is 12.2. The molecule has 1 fully saturated rings. The zero-order chi connectivity index (χ0) is 15.9. The number of nitrogens with two attached hydrogens (primary N) is 1. The van der Waals surface area contributed by atoms with E-state index in [4.69, 9.17) is 15.2 Å². The Balaban J connectivity index is 1.91. The molecule has 0 aromatic heterocycles. The molecule has 0 bridgehead atoms. The smallest absolute Gasteiger partial charge is 0.310 e. The molecular weight excluding hydrogens is 290 g/mol. The average molecular weight is 309 g/mol. The SMILES string of the molecule is NC(=O)c1ccc([N+](=O)[O-])c(OCCCN2CCOCC2)c1. The number of benzene rings is 1. The van der Waals surface area contributed by atoms with Gasteiger partial charge in [0.2, 0.25) is 5.91 Å². The normalized spacial score (nSPS) is 15.5. The molecule has 8 nitrogen and oxygen atoms in total. The van der Waals surface area contributed by atoms with Crippen LogP contribution in [0, 0.1) is 10.1 Å². The third-order valence-electron chi connectivity index (χ3n) is 3.42. The van der Waals surface area contributed by atoms with Crippen LogP contribution in [0.15, 0.2) is 18.2 Å². The topological polar surface area (TPSA) is 108 Å². The van der Waals surface area contributed by atoms with Crippen molar-refractivity contribution in [3.05, 3.63) is 33.9 Å². The average Bonchev–Trinajstić information content (AvgIpc) is 2.52. The third kappa shape index (κ3) is 4.40. The summed E-state index contributed by atoms with van der Waals surface area (Å²) in [6.45, 7) is 4.40. The molecule has 1 heterocycles. The number of nitrogens with zero attached hydrogens (tertiary/aromatic N) is 2. The Labute approximate surface area is 127 Å². The summed E-state index contributed by atoms with van der Waals surface area (Å²) in [6.07, 6.45) is 0.734. The standard InChI is InChI=1S/C14H19N3O5/c15-14(18)11-2-3-12(17(19)20)13(10-11)22-7-1-4-16-5-8-21-9-6-16/h2-3,10H,1,4-9H2,(H2,15,18). The lowest BCUT2D eigenvalue weighted by Gasteiger charge is -2.26. The number of rotatable bonds is 7. The number of carbonyl (C=O) groups is 1. The van der Waals surface area contributed by atoms with E-state index < -0.39 is 10.8 Å². The molecule has 8 heteroatoms. The van der Waals surface area contributed by atoms with Crippen molar-refractivity contribution in [2.75, 3.05) is 39.5 Å². The van der Waals surface area contributed by atoms with Crippen molar-refractivity contribution in [3.8, 4) is 5.75 Å². The molecule has 0 aliphatic carbocycles. The molecule has 1 amide bonds. The highest BCUT2D eigenvalue weighted by molar-refractivity contribution is 5.93. The van der Waals surface area contributed by atoms with Gasteiger partial charge in [-0.25, -0.2) is 0 Å². The van der Waals surface area contributed by atoms with E-state index in [0.717, 1.165) is 39.3 Å². The fourth-order valence-electron chi connectivity index (χ4n) is 2.23. The molecule has 0 spiro atoms. The van der Waals surface area contributed by atoms with Crippen LogP contribution in [0.5, 0.6) is 5.75 Å². The van der Waals surface area contributed by atoms with E-state index in [1.807, 2.05) is 0 Å². The minimum absolute atomic E-state index is 0.0725. The van der Waals surface area contributed by atoms with Crippen molar-refractivity contribution in [1.29, 1.82) is 0 Å². The second kappa shape index (κ2) is 7.71. The Morgan fingerprint density at radius 1 is 1.41 bits per heavy atom. The Hall–Kier alpha value is -2.19. The van der Waals surface area contributed by atoms with Crippen LogP contribution >= 0.6 is 0 Å². The van der Waals surface area contributed by atoms with Crippen LogP contribution in [0.3, 0.4) is 0 Å². The van der Waals surface area contributed by atoms with Crippen molar-refractivity contribution < 1.29 is 19.2 Å². The van der Waals surface area contributed by atoms with Gasteiger partial charge >= 0.3 is 5.69 Å². The van der Waals surface area contributed by atoms with Crippen LogP contribution in [-0.4, -0.2) is 55.2 Å². The van der Waals surface area contributed by atoms with Crippen molar-refractivity contribution in [3.63, 3.8) is 0 Å². The van der Waals surface area contributed by atoms with Crippen LogP contribution in [0.25, 0.3) is 0 Å². The first kappa shape index (κ1) is 16.2. The van der Waals surface area contributed by atoms with Crippen molar-refractivity contribution in [2.24, 2.45) is 5.73 Å². The number of hydrogen-bond donors (Lipinski definition) is 1. The summed E-state index contributed by atoms with van der Waals surface area (Å²) in [4.78, 5) is 23.8. The number of amides is 1. The molecule has 2 rings (SSSR count). The van der Waals surface area contributed by atoms with Gasteiger partial charge < -0.3 is 15.2 Å². The Morgan fingerprint density at radius 3 is 2.77 bits per heavy atom. The van der Waals surface area contributed by atoms with Gasteiger partial charge in [-0.3, -0.25) is 19.8 Å². The predicted octanol–water partition coefficient (Wildman–Crippen LogP) is 0.795. The van der Waals surface area contributed by atoms with Crippen LogP contribution in [-0.2, 0) is 4.74 Å². The molecule has 1 aliphatic heterocycles. The van der Waals surface area contributed by atoms with E-state index in [-0.39, 0.29) is 17.0 Å². The highest BCUT2D eigenvalue weighted by atomic mass is 16.6. The number of hydrogen-bond acceptors (Lipinski definition) is 6. The number of nitro groups is 1. The van der Waals surface area contributed by atoms with Gasteiger partial charge in [-0.1, -0.05) is 0 Å². The van der Waals surface area contributed by atoms with Gasteiger partial charge in [-0.15, -0.1) is 0 Å². The summed E-state index contributed by atoms with van der Waals surface area (Å²) in [5, 5.41) is 11.0. The number of nitro benzene ring substituents is 1. The highest BCUT2D eigenvalue weighted by Crippen LogP contribution is 2.28.